The van der Waals surface area contributed by atoms with Crippen molar-refractivity contribution in [2.75, 3.05) is 6.61 Å². The highest BCUT2D eigenvalue weighted by Crippen LogP contribution is 2.36. The van der Waals surface area contributed by atoms with E-state index in [4.69, 9.17) is 25.6 Å². The van der Waals surface area contributed by atoms with E-state index in [2.05, 4.69) is 5.32 Å². The fraction of sp³-hybridized carbons (Fsp3) is 0.533. The van der Waals surface area contributed by atoms with E-state index >= 15 is 0 Å². The summed E-state index contributed by atoms with van der Waals surface area (Å²) in [6.45, 7) is 0.369. The molecule has 30 heavy (non-hydrogen) atoms. The van der Waals surface area contributed by atoms with Gasteiger partial charge in [-0.05, 0) is 0 Å². The number of nitro groups is 1. The molecule has 1 fully saturated rings. The Morgan fingerprint density at radius 2 is 2.00 bits per heavy atom. The standard InChI is InChI=1S/C15H19ClN2O11S/c1-6(20)17-11-13(22)12(21)10(4-19)28-15(11)29-14-7(5-30(25,26)27)2-8(18(23)24)3-9(14)16/h2-3,10-13,15,19,21-22H,4-5H2,1H3,(H,17,20)(H,25,26,27)/t10-,11-,12-,13-,15+/m1/s1. The number of ether oxygens (including phenoxy) is 2. The molecule has 13 nitrogen and oxygen atoms in total. The molecule has 1 aliphatic rings. The number of aliphatic hydroxyl groups excluding tert-OH is 3. The highest BCUT2D eigenvalue weighted by Gasteiger charge is 2.46. The molecule has 1 saturated heterocycles. The van der Waals surface area contributed by atoms with Gasteiger partial charge in [0.1, 0.15) is 35.9 Å². The SMILES string of the molecule is CC(=O)N[C@H]1[C@H](Oc2c(Cl)cc([N+](=O)[O-])cc2CS(=O)(=O)O)O[C@H](CO)[C@@H](O)[C@@H]1O. The predicted molar refractivity (Wildman–Crippen MR) is 99.4 cm³/mol. The largest absolute Gasteiger partial charge is 0.461 e. The van der Waals surface area contributed by atoms with Crippen molar-refractivity contribution < 1.29 is 47.5 Å². The number of nitrogens with one attached hydrogen (secondary N) is 1. The molecule has 1 heterocycles. The third kappa shape index (κ3) is 5.75. The van der Waals surface area contributed by atoms with Crippen molar-refractivity contribution in [1.82, 2.24) is 5.32 Å². The lowest BCUT2D eigenvalue weighted by Gasteiger charge is -2.42. The third-order valence-electron chi connectivity index (χ3n) is 4.14. The molecule has 1 aliphatic heterocycles. The van der Waals surface area contributed by atoms with Crippen molar-refractivity contribution >= 4 is 33.3 Å². The summed E-state index contributed by atoms with van der Waals surface area (Å²) in [4.78, 5) is 21.7. The first-order chi connectivity index (χ1) is 13.8. The summed E-state index contributed by atoms with van der Waals surface area (Å²) in [5, 5.41) is 42.5. The molecule has 0 unspecified atom stereocenters. The van der Waals surface area contributed by atoms with Gasteiger partial charge in [0.15, 0.2) is 0 Å². The van der Waals surface area contributed by atoms with Gasteiger partial charge in [0.2, 0.25) is 12.2 Å². The van der Waals surface area contributed by atoms with Gasteiger partial charge in [0, 0.05) is 24.6 Å². The first kappa shape index (κ1) is 24.2. The molecule has 0 spiro atoms. The highest BCUT2D eigenvalue weighted by atomic mass is 35.5. The number of rotatable bonds is 7. The summed E-state index contributed by atoms with van der Waals surface area (Å²) in [5.74, 6) is -2.19. The van der Waals surface area contributed by atoms with E-state index in [0.29, 0.717) is 0 Å². The molecule has 15 heteroatoms. The third-order valence-corrected chi connectivity index (χ3v) is 5.10. The van der Waals surface area contributed by atoms with E-state index in [-0.39, 0.29) is 0 Å². The summed E-state index contributed by atoms with van der Waals surface area (Å²) >= 11 is 6.01. The molecule has 0 saturated carbocycles. The van der Waals surface area contributed by atoms with Crippen molar-refractivity contribution in [2.24, 2.45) is 0 Å². The van der Waals surface area contributed by atoms with Crippen LogP contribution in [0.5, 0.6) is 5.75 Å². The fourth-order valence-electron chi connectivity index (χ4n) is 2.86. The van der Waals surface area contributed by atoms with Crippen molar-refractivity contribution in [3.8, 4) is 5.75 Å². The number of non-ortho nitro benzene ring substituents is 1. The normalized spacial score (nSPS) is 26.8. The van der Waals surface area contributed by atoms with Crippen molar-refractivity contribution in [3.05, 3.63) is 32.8 Å². The number of hydrogen-bond acceptors (Lipinski definition) is 10. The maximum atomic E-state index is 11.5. The zero-order valence-corrected chi connectivity index (χ0v) is 16.9. The van der Waals surface area contributed by atoms with Gasteiger partial charge in [0.25, 0.3) is 15.8 Å². The Balaban J connectivity index is 2.50. The van der Waals surface area contributed by atoms with Crippen LogP contribution in [0.25, 0.3) is 0 Å². The van der Waals surface area contributed by atoms with E-state index in [1.165, 1.54) is 0 Å². The number of benzene rings is 1. The smallest absolute Gasteiger partial charge is 0.271 e. The van der Waals surface area contributed by atoms with E-state index < -0.39 is 86.0 Å². The molecule has 0 radical (unpaired) electrons. The summed E-state index contributed by atoms with van der Waals surface area (Å²) in [6, 6.07) is 0.278. The molecule has 5 N–H and O–H groups in total. The molecular formula is C15H19ClN2O11S. The van der Waals surface area contributed by atoms with E-state index in [1.54, 1.807) is 0 Å². The average Bonchev–Trinajstić information content (AvgIpc) is 2.61. The first-order valence-electron chi connectivity index (χ1n) is 8.32. The zero-order valence-electron chi connectivity index (χ0n) is 15.3. The topological polar surface area (TPSA) is 206 Å². The van der Waals surface area contributed by atoms with Crippen LogP contribution in [0.15, 0.2) is 12.1 Å². The van der Waals surface area contributed by atoms with Crippen molar-refractivity contribution in [3.63, 3.8) is 0 Å². The molecule has 1 aromatic rings. The lowest BCUT2D eigenvalue weighted by Crippen LogP contribution is -2.65. The second-order valence-electron chi connectivity index (χ2n) is 6.45. The van der Waals surface area contributed by atoms with Gasteiger partial charge in [-0.3, -0.25) is 19.5 Å². The number of carbonyl (C=O) groups excluding carboxylic acids is 1. The van der Waals surface area contributed by atoms with Gasteiger partial charge in [0.05, 0.1) is 16.6 Å². The van der Waals surface area contributed by atoms with Gasteiger partial charge in [-0.15, -0.1) is 0 Å². The quantitative estimate of drug-likeness (QED) is 0.185. The van der Waals surface area contributed by atoms with Crippen molar-refractivity contribution in [1.29, 1.82) is 0 Å². The van der Waals surface area contributed by atoms with E-state index in [1.807, 2.05) is 0 Å². The minimum absolute atomic E-state index is 0.400. The summed E-state index contributed by atoms with van der Waals surface area (Å²) < 4.78 is 42.7. The van der Waals surface area contributed by atoms with Crippen LogP contribution in [0.4, 0.5) is 5.69 Å². The van der Waals surface area contributed by atoms with Crippen LogP contribution in [0, 0.1) is 10.1 Å². The van der Waals surface area contributed by atoms with Gasteiger partial charge in [-0.1, -0.05) is 11.6 Å². The summed E-state index contributed by atoms with van der Waals surface area (Å²) in [6.07, 6.45) is -6.19. The maximum absolute atomic E-state index is 11.5. The number of halogens is 1. The van der Waals surface area contributed by atoms with Gasteiger partial charge < -0.3 is 30.1 Å². The number of nitrogens with zero attached hydrogens (tertiary/aromatic N) is 1. The summed E-state index contributed by atoms with van der Waals surface area (Å²) in [7, 11) is -4.67. The van der Waals surface area contributed by atoms with E-state index in [0.717, 1.165) is 19.1 Å². The van der Waals surface area contributed by atoms with Crippen LogP contribution in [-0.4, -0.2) is 76.4 Å². The summed E-state index contributed by atoms with van der Waals surface area (Å²) in [5.41, 5.74) is -0.985. The Bertz CT molecular complexity index is 925. The van der Waals surface area contributed by atoms with Crippen LogP contribution >= 0.6 is 11.6 Å². The molecular weight excluding hydrogens is 452 g/mol. The first-order valence-corrected chi connectivity index (χ1v) is 10.3. The second-order valence-corrected chi connectivity index (χ2v) is 8.31. The zero-order chi connectivity index (χ0) is 22.8. The van der Waals surface area contributed by atoms with Crippen LogP contribution in [0.2, 0.25) is 5.02 Å². The van der Waals surface area contributed by atoms with Gasteiger partial charge >= 0.3 is 0 Å². The molecule has 168 valence electrons. The minimum Gasteiger partial charge on any atom is -0.461 e. The molecule has 0 aromatic heterocycles. The monoisotopic (exact) mass is 470 g/mol. The Kier molecular flexibility index (Phi) is 7.57. The van der Waals surface area contributed by atoms with E-state index in [9.17, 15) is 38.6 Å². The fourth-order valence-corrected chi connectivity index (χ4v) is 3.75. The number of nitro benzene ring substituents is 1. The number of hydrogen-bond donors (Lipinski definition) is 5. The molecule has 5 atom stereocenters. The van der Waals surface area contributed by atoms with Crippen molar-refractivity contribution in [2.45, 2.75) is 43.3 Å². The molecule has 1 amide bonds. The number of aliphatic hydroxyl groups is 3. The maximum Gasteiger partial charge on any atom is 0.271 e. The Labute approximate surface area is 175 Å². The molecule has 0 bridgehead atoms. The highest BCUT2D eigenvalue weighted by molar-refractivity contribution is 7.85. The van der Waals surface area contributed by atoms with Gasteiger partial charge in [-0.2, -0.15) is 8.42 Å². The molecule has 2 rings (SSSR count). The molecule has 1 aromatic carbocycles. The predicted octanol–water partition coefficient (Wildman–Crippen LogP) is -1.04. The Morgan fingerprint density at radius 1 is 1.37 bits per heavy atom. The lowest BCUT2D eigenvalue weighted by atomic mass is 9.97. The Morgan fingerprint density at radius 3 is 2.50 bits per heavy atom. The van der Waals surface area contributed by atoms with Crippen LogP contribution in [0.1, 0.15) is 12.5 Å². The van der Waals surface area contributed by atoms with Crippen LogP contribution in [0.3, 0.4) is 0 Å². The number of amides is 1. The lowest BCUT2D eigenvalue weighted by molar-refractivity contribution is -0.384. The average molecular weight is 471 g/mol. The minimum atomic E-state index is -4.67. The van der Waals surface area contributed by atoms with Crippen LogP contribution < -0.4 is 10.1 Å². The second kappa shape index (κ2) is 9.38. The molecule has 0 aliphatic carbocycles. The van der Waals surface area contributed by atoms with Crippen LogP contribution in [-0.2, 0) is 25.4 Å². The van der Waals surface area contributed by atoms with Gasteiger partial charge in [-0.25, -0.2) is 0 Å². The number of carbonyl (C=O) groups is 1. The Hall–Kier alpha value is -2.07.